The third-order valence-corrected chi connectivity index (χ3v) is 7.97. The molecule has 1 heterocycles. The number of rotatable bonds is 8. The second kappa shape index (κ2) is 13.2. The van der Waals surface area contributed by atoms with Crippen molar-refractivity contribution in [2.75, 3.05) is 26.7 Å². The fourth-order valence-corrected chi connectivity index (χ4v) is 5.54. The summed E-state index contributed by atoms with van der Waals surface area (Å²) in [6, 6.07) is 27.9. The van der Waals surface area contributed by atoms with E-state index >= 15 is 0 Å². The zero-order valence-corrected chi connectivity index (χ0v) is 24.5. The number of nitrogens with one attached hydrogen (secondary N) is 1. The third-order valence-electron chi connectivity index (χ3n) is 7.72. The number of amides is 2. The molecule has 2 atom stereocenters. The normalized spacial score (nSPS) is 16.2. The van der Waals surface area contributed by atoms with E-state index in [1.165, 1.54) is 23.3 Å². The van der Waals surface area contributed by atoms with Crippen LogP contribution in [0.15, 0.2) is 91.0 Å². The molecule has 0 bridgehead atoms. The number of carbonyl (C=O) groups is 3. The molecule has 1 N–H and O–H groups in total. The van der Waals surface area contributed by atoms with Crippen LogP contribution in [-0.2, 0) is 22.4 Å². The molecule has 42 heavy (non-hydrogen) atoms. The molecule has 8 heteroatoms. The lowest BCUT2D eigenvalue weighted by atomic mass is 9.98. The fraction of sp³-hybridized carbons (Fsp3) is 0.265. The van der Waals surface area contributed by atoms with E-state index in [4.69, 9.17) is 16.3 Å². The van der Waals surface area contributed by atoms with Crippen LogP contribution in [0.1, 0.15) is 28.4 Å². The lowest BCUT2D eigenvalue weighted by Gasteiger charge is -2.41. The van der Waals surface area contributed by atoms with E-state index in [-0.39, 0.29) is 23.3 Å². The molecule has 4 aromatic carbocycles. The SMILES string of the molecule is CC(=O)Oc1ccccc1C(=O)N[C@H](Cc1ccc(Cl)cc1)C(=O)N1CCN(C)[C@H](Cc2ccc3ccccc3c2)C1. The van der Waals surface area contributed by atoms with E-state index in [1.807, 2.05) is 29.2 Å². The van der Waals surface area contributed by atoms with Crippen LogP contribution >= 0.6 is 11.6 Å². The highest BCUT2D eigenvalue weighted by Gasteiger charge is 2.33. The lowest BCUT2D eigenvalue weighted by molar-refractivity contribution is -0.136. The first kappa shape index (κ1) is 29.3. The van der Waals surface area contributed by atoms with Gasteiger partial charge in [-0.15, -0.1) is 0 Å². The molecule has 0 aliphatic carbocycles. The summed E-state index contributed by atoms with van der Waals surface area (Å²) in [5.74, 6) is -1.02. The van der Waals surface area contributed by atoms with Gasteiger partial charge in [0.25, 0.3) is 5.91 Å². The summed E-state index contributed by atoms with van der Waals surface area (Å²) in [5, 5.41) is 5.92. The minimum Gasteiger partial charge on any atom is -0.426 e. The smallest absolute Gasteiger partial charge is 0.308 e. The van der Waals surface area contributed by atoms with Gasteiger partial charge in [-0.05, 0) is 59.6 Å². The van der Waals surface area contributed by atoms with Crippen molar-refractivity contribution in [3.05, 3.63) is 113 Å². The number of carbonyl (C=O) groups excluding carboxylic acids is 3. The van der Waals surface area contributed by atoms with Gasteiger partial charge in [-0.2, -0.15) is 0 Å². The highest BCUT2D eigenvalue weighted by atomic mass is 35.5. The Hall–Kier alpha value is -4.20. The molecule has 4 aromatic rings. The van der Waals surface area contributed by atoms with E-state index in [1.54, 1.807) is 36.4 Å². The average Bonchev–Trinajstić information content (AvgIpc) is 2.98. The van der Waals surface area contributed by atoms with E-state index in [0.717, 1.165) is 18.5 Å². The molecular formula is C34H34ClN3O4. The Bertz CT molecular complexity index is 1590. The molecule has 1 aliphatic rings. The molecular weight excluding hydrogens is 550 g/mol. The van der Waals surface area contributed by atoms with Crippen LogP contribution in [0.2, 0.25) is 5.02 Å². The van der Waals surface area contributed by atoms with Crippen LogP contribution in [0.3, 0.4) is 0 Å². The predicted molar refractivity (Wildman–Crippen MR) is 165 cm³/mol. The summed E-state index contributed by atoms with van der Waals surface area (Å²) in [6.07, 6.45) is 1.09. The maximum absolute atomic E-state index is 14.1. The molecule has 0 saturated carbocycles. The molecule has 0 spiro atoms. The number of piperazine rings is 1. The van der Waals surface area contributed by atoms with Gasteiger partial charge in [0.1, 0.15) is 11.8 Å². The molecule has 1 saturated heterocycles. The molecule has 1 aliphatic heterocycles. The van der Waals surface area contributed by atoms with Crippen molar-refractivity contribution in [2.45, 2.75) is 31.8 Å². The van der Waals surface area contributed by atoms with Crippen molar-refractivity contribution in [1.29, 1.82) is 0 Å². The summed E-state index contributed by atoms with van der Waals surface area (Å²) in [6.45, 7) is 3.10. The van der Waals surface area contributed by atoms with Gasteiger partial charge in [-0.25, -0.2) is 0 Å². The first-order valence-corrected chi connectivity index (χ1v) is 14.4. The highest BCUT2D eigenvalue weighted by Crippen LogP contribution is 2.22. The Kier molecular flexibility index (Phi) is 9.20. The Labute approximate surface area is 251 Å². The molecule has 0 unspecified atom stereocenters. The number of hydrogen-bond donors (Lipinski definition) is 1. The van der Waals surface area contributed by atoms with E-state index < -0.39 is 17.9 Å². The van der Waals surface area contributed by atoms with Gasteiger partial charge in [0, 0.05) is 44.0 Å². The van der Waals surface area contributed by atoms with Gasteiger partial charge in [-0.1, -0.05) is 78.3 Å². The van der Waals surface area contributed by atoms with Gasteiger partial charge < -0.3 is 15.0 Å². The second-order valence-electron chi connectivity index (χ2n) is 10.8. The highest BCUT2D eigenvalue weighted by molar-refractivity contribution is 6.30. The van der Waals surface area contributed by atoms with Crippen molar-refractivity contribution in [1.82, 2.24) is 15.1 Å². The van der Waals surface area contributed by atoms with Crippen molar-refractivity contribution >= 4 is 40.2 Å². The summed E-state index contributed by atoms with van der Waals surface area (Å²) >= 11 is 6.09. The van der Waals surface area contributed by atoms with Gasteiger partial charge >= 0.3 is 5.97 Å². The number of nitrogens with zero attached hydrogens (tertiary/aromatic N) is 2. The maximum Gasteiger partial charge on any atom is 0.308 e. The van der Waals surface area contributed by atoms with Crippen LogP contribution in [0.25, 0.3) is 10.8 Å². The van der Waals surface area contributed by atoms with Crippen LogP contribution in [-0.4, -0.2) is 66.3 Å². The molecule has 216 valence electrons. The van der Waals surface area contributed by atoms with Gasteiger partial charge in [0.05, 0.1) is 5.56 Å². The van der Waals surface area contributed by atoms with E-state index in [2.05, 4.69) is 47.6 Å². The number of hydrogen-bond acceptors (Lipinski definition) is 5. The Morgan fingerprint density at radius 2 is 1.60 bits per heavy atom. The summed E-state index contributed by atoms with van der Waals surface area (Å²) < 4.78 is 5.25. The largest absolute Gasteiger partial charge is 0.426 e. The topological polar surface area (TPSA) is 78.9 Å². The number of halogens is 1. The van der Waals surface area contributed by atoms with E-state index in [9.17, 15) is 14.4 Å². The standard InChI is InChI=1S/C34H34ClN3O4/c1-23(39)42-32-10-6-5-9-30(32)33(40)36-31(21-24-12-15-28(35)16-13-24)34(41)38-18-17-37(2)29(22-38)20-25-11-14-26-7-3-4-8-27(26)19-25/h3-16,19,29,31H,17-18,20-22H2,1-2H3,(H,36,40)/t29-,31-/m1/s1. The molecule has 5 rings (SSSR count). The second-order valence-corrected chi connectivity index (χ2v) is 11.2. The summed E-state index contributed by atoms with van der Waals surface area (Å²) in [7, 11) is 2.09. The predicted octanol–water partition coefficient (Wildman–Crippen LogP) is 5.14. The maximum atomic E-state index is 14.1. The Morgan fingerprint density at radius 3 is 2.36 bits per heavy atom. The third kappa shape index (κ3) is 7.16. The number of likely N-dealkylation sites (N-methyl/N-ethyl adjacent to an activating group) is 1. The molecule has 0 aromatic heterocycles. The first-order valence-electron chi connectivity index (χ1n) is 14.1. The fourth-order valence-electron chi connectivity index (χ4n) is 5.42. The van der Waals surface area contributed by atoms with Gasteiger partial charge in [0.15, 0.2) is 0 Å². The van der Waals surface area contributed by atoms with Crippen molar-refractivity contribution in [3.63, 3.8) is 0 Å². The van der Waals surface area contributed by atoms with Gasteiger partial charge in [-0.3, -0.25) is 19.3 Å². The quantitative estimate of drug-likeness (QED) is 0.229. The summed E-state index contributed by atoms with van der Waals surface area (Å²) in [5.41, 5.74) is 2.27. The molecule has 2 amide bonds. The molecule has 1 fully saturated rings. The molecule has 7 nitrogen and oxygen atoms in total. The van der Waals surface area contributed by atoms with Crippen molar-refractivity contribution in [3.8, 4) is 5.75 Å². The number of benzene rings is 4. The molecule has 0 radical (unpaired) electrons. The lowest BCUT2D eigenvalue weighted by Crippen LogP contribution is -2.58. The Balaban J connectivity index is 1.36. The number of fused-ring (bicyclic) bond motifs is 1. The van der Waals surface area contributed by atoms with Crippen LogP contribution < -0.4 is 10.1 Å². The average molecular weight is 584 g/mol. The van der Waals surface area contributed by atoms with E-state index in [0.29, 0.717) is 24.5 Å². The summed E-state index contributed by atoms with van der Waals surface area (Å²) in [4.78, 5) is 43.3. The van der Waals surface area contributed by atoms with Crippen molar-refractivity contribution < 1.29 is 19.1 Å². The minimum atomic E-state index is -0.825. The number of ether oxygens (including phenoxy) is 1. The zero-order valence-electron chi connectivity index (χ0n) is 23.8. The number of para-hydroxylation sites is 1. The number of esters is 1. The van der Waals surface area contributed by atoms with Crippen molar-refractivity contribution in [2.24, 2.45) is 0 Å². The minimum absolute atomic E-state index is 0.125. The van der Waals surface area contributed by atoms with Gasteiger partial charge in [0.2, 0.25) is 5.91 Å². The zero-order chi connectivity index (χ0) is 29.6. The Morgan fingerprint density at radius 1 is 0.905 bits per heavy atom. The van der Waals surface area contributed by atoms with Crippen LogP contribution in [0.4, 0.5) is 0 Å². The monoisotopic (exact) mass is 583 g/mol. The van der Waals surface area contributed by atoms with Crippen LogP contribution in [0, 0.1) is 0 Å². The first-order chi connectivity index (χ1) is 20.3. The van der Waals surface area contributed by atoms with Crippen LogP contribution in [0.5, 0.6) is 5.75 Å².